The topological polar surface area (TPSA) is 99.4 Å². The maximum Gasteiger partial charge on any atom is 0.230 e. The number of ether oxygens (including phenoxy) is 2. The molecule has 2 aromatic heterocycles. The Kier molecular flexibility index (Phi) is 6.29. The van der Waals surface area contributed by atoms with Gasteiger partial charge in [0.2, 0.25) is 5.91 Å². The predicted octanol–water partition coefficient (Wildman–Crippen LogP) is 4.04. The number of rotatable bonds is 6. The van der Waals surface area contributed by atoms with Gasteiger partial charge in [0.15, 0.2) is 16.7 Å². The van der Waals surface area contributed by atoms with Gasteiger partial charge in [0.05, 0.1) is 30.4 Å². The van der Waals surface area contributed by atoms with Crippen molar-refractivity contribution in [1.82, 2.24) is 15.3 Å². The lowest BCUT2D eigenvalue weighted by Crippen LogP contribution is -2.33. The van der Waals surface area contributed by atoms with Crippen LogP contribution >= 0.6 is 23.1 Å². The Balaban J connectivity index is 1.43. The summed E-state index contributed by atoms with van der Waals surface area (Å²) in [7, 11) is 0. The molecule has 1 aliphatic rings. The first-order chi connectivity index (χ1) is 14.5. The fraction of sp³-hybridized carbons (Fsp3) is 0.381. The van der Waals surface area contributed by atoms with E-state index in [9.17, 15) is 4.79 Å². The molecule has 3 N–H and O–H groups in total. The van der Waals surface area contributed by atoms with Crippen LogP contribution in [0.1, 0.15) is 31.9 Å². The molecule has 0 radical (unpaired) electrons. The Hall–Kier alpha value is -2.52. The number of nitrogens with zero attached hydrogens (tertiary/aromatic N) is 2. The van der Waals surface area contributed by atoms with E-state index in [2.05, 4.69) is 29.1 Å². The molecule has 1 atom stereocenters. The van der Waals surface area contributed by atoms with Crippen LogP contribution in [0.4, 0.5) is 5.82 Å². The van der Waals surface area contributed by atoms with E-state index in [0.29, 0.717) is 24.2 Å². The van der Waals surface area contributed by atoms with Crippen LogP contribution in [0.5, 0.6) is 11.5 Å². The van der Waals surface area contributed by atoms with E-state index < -0.39 is 0 Å². The second-order valence-corrected chi connectivity index (χ2v) is 9.20. The third-order valence-electron chi connectivity index (χ3n) is 4.78. The van der Waals surface area contributed by atoms with E-state index in [-0.39, 0.29) is 23.6 Å². The smallest absolute Gasteiger partial charge is 0.230 e. The van der Waals surface area contributed by atoms with E-state index in [1.165, 1.54) is 23.1 Å². The number of hydrogen-bond acceptors (Lipinski definition) is 8. The third kappa shape index (κ3) is 4.62. The highest BCUT2D eigenvalue weighted by Crippen LogP contribution is 2.34. The molecule has 9 heteroatoms. The monoisotopic (exact) mass is 444 g/mol. The zero-order valence-electron chi connectivity index (χ0n) is 16.9. The molecule has 4 rings (SSSR count). The number of thioether (sulfide) groups is 1. The van der Waals surface area contributed by atoms with Gasteiger partial charge in [0.1, 0.15) is 10.6 Å². The number of thiophene rings is 1. The van der Waals surface area contributed by atoms with Crippen LogP contribution in [0.3, 0.4) is 0 Å². The normalized spacial score (nSPS) is 14.5. The number of anilines is 1. The largest absolute Gasteiger partial charge is 0.490 e. The molecule has 30 heavy (non-hydrogen) atoms. The minimum atomic E-state index is -0.138. The molecular formula is C21H24N4O3S2. The molecule has 1 amide bonds. The molecule has 0 bridgehead atoms. The Morgan fingerprint density at radius 1 is 1.23 bits per heavy atom. The van der Waals surface area contributed by atoms with E-state index in [4.69, 9.17) is 15.2 Å². The fourth-order valence-corrected chi connectivity index (χ4v) is 4.77. The van der Waals surface area contributed by atoms with Crippen molar-refractivity contribution in [3.8, 4) is 11.5 Å². The standard InChI is InChI=1S/C21H24N4O3S2/c1-12(2)18(13-4-5-15-16(10-13)28-8-3-7-27-15)23-17(26)11-30-21-24-19(22)14-6-9-29-20(14)25-21/h4-6,9-10,12,18H,3,7-8,11H2,1-2H3,(H,23,26)(H2,22,24,25)/t18-/m0/s1. The highest BCUT2D eigenvalue weighted by atomic mass is 32.2. The minimum absolute atomic E-state index is 0.0840. The van der Waals surface area contributed by atoms with Crippen molar-refractivity contribution in [2.75, 3.05) is 24.7 Å². The molecule has 0 saturated heterocycles. The summed E-state index contributed by atoms with van der Waals surface area (Å²) in [6.07, 6.45) is 0.857. The third-order valence-corrected chi connectivity index (χ3v) is 6.43. The fourth-order valence-electron chi connectivity index (χ4n) is 3.28. The SMILES string of the molecule is CC(C)[C@H](NC(=O)CSc1nc(N)c2ccsc2n1)c1ccc2c(c1)OCCCO2. The molecule has 0 unspecified atom stereocenters. The van der Waals surface area contributed by atoms with Gasteiger partial charge >= 0.3 is 0 Å². The van der Waals surface area contributed by atoms with Crippen molar-refractivity contribution < 1.29 is 14.3 Å². The number of amides is 1. The van der Waals surface area contributed by atoms with Crippen molar-refractivity contribution >= 4 is 45.0 Å². The van der Waals surface area contributed by atoms with Gasteiger partial charge in [-0.3, -0.25) is 4.79 Å². The molecule has 0 aliphatic carbocycles. The molecule has 3 heterocycles. The Labute approximate surface area is 183 Å². The predicted molar refractivity (Wildman–Crippen MR) is 120 cm³/mol. The Morgan fingerprint density at radius 2 is 2.03 bits per heavy atom. The number of hydrogen-bond donors (Lipinski definition) is 2. The number of carbonyl (C=O) groups excluding carboxylic acids is 1. The number of benzene rings is 1. The summed E-state index contributed by atoms with van der Waals surface area (Å²) in [6, 6.07) is 7.63. The van der Waals surface area contributed by atoms with Gasteiger partial charge in [-0.15, -0.1) is 11.3 Å². The van der Waals surface area contributed by atoms with Gasteiger partial charge in [-0.2, -0.15) is 0 Å². The molecule has 0 spiro atoms. The summed E-state index contributed by atoms with van der Waals surface area (Å²) in [5.41, 5.74) is 6.98. The zero-order chi connectivity index (χ0) is 21.1. The number of fused-ring (bicyclic) bond motifs is 2. The van der Waals surface area contributed by atoms with Crippen LogP contribution in [0.15, 0.2) is 34.8 Å². The number of nitrogen functional groups attached to an aromatic ring is 1. The lowest BCUT2D eigenvalue weighted by atomic mass is 9.95. The molecule has 158 valence electrons. The van der Waals surface area contributed by atoms with Crippen LogP contribution < -0.4 is 20.5 Å². The van der Waals surface area contributed by atoms with E-state index in [1.807, 2.05) is 29.6 Å². The molecule has 1 aliphatic heterocycles. The van der Waals surface area contributed by atoms with Gasteiger partial charge in [-0.25, -0.2) is 9.97 Å². The van der Waals surface area contributed by atoms with Gasteiger partial charge in [-0.1, -0.05) is 31.7 Å². The van der Waals surface area contributed by atoms with Gasteiger partial charge in [0, 0.05) is 6.42 Å². The average molecular weight is 445 g/mol. The van der Waals surface area contributed by atoms with Crippen molar-refractivity contribution in [2.45, 2.75) is 31.5 Å². The summed E-state index contributed by atoms with van der Waals surface area (Å²) in [4.78, 5) is 22.3. The lowest BCUT2D eigenvalue weighted by Gasteiger charge is -2.23. The highest BCUT2D eigenvalue weighted by molar-refractivity contribution is 7.99. The quantitative estimate of drug-likeness (QED) is 0.437. The maximum absolute atomic E-state index is 12.7. The van der Waals surface area contributed by atoms with Crippen LogP contribution in [-0.2, 0) is 4.79 Å². The van der Waals surface area contributed by atoms with Crippen LogP contribution in [0.25, 0.3) is 10.2 Å². The number of carbonyl (C=O) groups is 1. The zero-order valence-corrected chi connectivity index (χ0v) is 18.5. The van der Waals surface area contributed by atoms with E-state index >= 15 is 0 Å². The lowest BCUT2D eigenvalue weighted by molar-refractivity contribution is -0.119. The minimum Gasteiger partial charge on any atom is -0.490 e. The summed E-state index contributed by atoms with van der Waals surface area (Å²) in [6.45, 7) is 5.44. The second kappa shape index (κ2) is 9.09. The first kappa shape index (κ1) is 20.7. The second-order valence-electron chi connectivity index (χ2n) is 7.37. The first-order valence-corrected chi connectivity index (χ1v) is 11.7. The van der Waals surface area contributed by atoms with Crippen molar-refractivity contribution in [3.63, 3.8) is 0 Å². The van der Waals surface area contributed by atoms with Gasteiger partial charge in [-0.05, 0) is 35.1 Å². The maximum atomic E-state index is 12.7. The van der Waals surface area contributed by atoms with Crippen molar-refractivity contribution in [3.05, 3.63) is 35.2 Å². The Bertz CT molecular complexity index is 1050. The molecule has 7 nitrogen and oxygen atoms in total. The van der Waals surface area contributed by atoms with E-state index in [0.717, 1.165) is 33.7 Å². The van der Waals surface area contributed by atoms with Crippen LogP contribution in [0, 0.1) is 5.92 Å². The summed E-state index contributed by atoms with van der Waals surface area (Å²) in [5, 5.41) is 6.42. The summed E-state index contributed by atoms with van der Waals surface area (Å²) in [5.74, 6) is 2.25. The Morgan fingerprint density at radius 3 is 2.83 bits per heavy atom. The van der Waals surface area contributed by atoms with Crippen molar-refractivity contribution in [2.24, 2.45) is 5.92 Å². The molecular weight excluding hydrogens is 420 g/mol. The average Bonchev–Trinajstić information content (AvgIpc) is 3.08. The van der Waals surface area contributed by atoms with Gasteiger partial charge in [0.25, 0.3) is 0 Å². The van der Waals surface area contributed by atoms with Crippen molar-refractivity contribution in [1.29, 1.82) is 0 Å². The number of nitrogens with two attached hydrogens (primary N) is 1. The number of nitrogens with one attached hydrogen (secondary N) is 1. The van der Waals surface area contributed by atoms with E-state index in [1.54, 1.807) is 0 Å². The molecule has 3 aromatic rings. The molecule has 0 fully saturated rings. The van der Waals surface area contributed by atoms with Crippen LogP contribution in [0.2, 0.25) is 0 Å². The highest BCUT2D eigenvalue weighted by Gasteiger charge is 2.21. The molecule has 0 saturated carbocycles. The number of aromatic nitrogens is 2. The van der Waals surface area contributed by atoms with Gasteiger partial charge < -0.3 is 20.5 Å². The summed E-state index contributed by atoms with van der Waals surface area (Å²) < 4.78 is 11.5. The first-order valence-electron chi connectivity index (χ1n) is 9.83. The summed E-state index contributed by atoms with van der Waals surface area (Å²) >= 11 is 2.79. The van der Waals surface area contributed by atoms with Crippen LogP contribution in [-0.4, -0.2) is 34.8 Å². The molecule has 1 aromatic carbocycles.